The highest BCUT2D eigenvalue weighted by atomic mass is 15.2. The van der Waals surface area contributed by atoms with Gasteiger partial charge in [0.2, 0.25) is 0 Å². The maximum atomic E-state index is 4.76. The monoisotopic (exact) mass is 376 g/mol. The molecule has 0 aromatic heterocycles. The Hall–Kier alpha value is -2.09. The van der Waals surface area contributed by atoms with Crippen molar-refractivity contribution in [2.24, 2.45) is 4.99 Å². The summed E-state index contributed by atoms with van der Waals surface area (Å²) in [6.45, 7) is 14.8. The Balaban J connectivity index is 1.86. The maximum absolute atomic E-state index is 4.76. The fourth-order valence-corrected chi connectivity index (χ4v) is 4.66. The Morgan fingerprint density at radius 3 is 2.50 bits per heavy atom. The molecule has 1 aliphatic heterocycles. The molecule has 2 nitrogen and oxygen atoms in total. The van der Waals surface area contributed by atoms with Crippen LogP contribution in [0.3, 0.4) is 0 Å². The molecule has 0 N–H and O–H groups in total. The Kier molecular flexibility index (Phi) is 6.27. The molecule has 1 aliphatic rings. The first kappa shape index (κ1) is 20.6. The number of fused-ring (bicyclic) bond motifs is 1. The molecule has 0 radical (unpaired) electrons. The number of rotatable bonds is 6. The summed E-state index contributed by atoms with van der Waals surface area (Å²) in [5.74, 6) is 0.568. The minimum absolute atomic E-state index is 0.211. The van der Waals surface area contributed by atoms with Crippen molar-refractivity contribution in [1.82, 2.24) is 0 Å². The van der Waals surface area contributed by atoms with E-state index in [0.29, 0.717) is 5.92 Å². The molecule has 0 fully saturated rings. The minimum atomic E-state index is 0.211. The van der Waals surface area contributed by atoms with E-state index >= 15 is 0 Å². The molecule has 28 heavy (non-hydrogen) atoms. The van der Waals surface area contributed by atoms with Crippen molar-refractivity contribution < 1.29 is 0 Å². The predicted molar refractivity (Wildman–Crippen MR) is 124 cm³/mol. The van der Waals surface area contributed by atoms with Gasteiger partial charge in [0.1, 0.15) is 0 Å². The van der Waals surface area contributed by atoms with Crippen LogP contribution in [0.2, 0.25) is 0 Å². The average molecular weight is 377 g/mol. The Morgan fingerprint density at radius 2 is 1.86 bits per heavy atom. The molecule has 150 valence electrons. The van der Waals surface area contributed by atoms with E-state index in [2.05, 4.69) is 82.8 Å². The van der Waals surface area contributed by atoms with Gasteiger partial charge in [-0.25, -0.2) is 0 Å². The summed E-state index contributed by atoms with van der Waals surface area (Å²) in [6, 6.07) is 13.4. The summed E-state index contributed by atoms with van der Waals surface area (Å²) in [7, 11) is 0. The number of anilines is 1. The van der Waals surface area contributed by atoms with Gasteiger partial charge in [-0.05, 0) is 99.4 Å². The molecule has 0 saturated heterocycles. The van der Waals surface area contributed by atoms with E-state index in [4.69, 9.17) is 4.99 Å². The summed E-state index contributed by atoms with van der Waals surface area (Å²) in [5, 5.41) is 0. The van der Waals surface area contributed by atoms with E-state index < -0.39 is 0 Å². The lowest BCUT2D eigenvalue weighted by Gasteiger charge is -2.47. The fraction of sp³-hybridized carbons (Fsp3) is 0.500. The van der Waals surface area contributed by atoms with Gasteiger partial charge in [-0.1, -0.05) is 32.4 Å². The molecule has 0 spiro atoms. The van der Waals surface area contributed by atoms with Crippen LogP contribution in [-0.2, 0) is 6.42 Å². The van der Waals surface area contributed by atoms with Gasteiger partial charge in [0, 0.05) is 24.0 Å². The van der Waals surface area contributed by atoms with Crippen molar-refractivity contribution in [3.05, 3.63) is 58.7 Å². The number of nitrogens with zero attached hydrogens (tertiary/aromatic N) is 2. The van der Waals surface area contributed by atoms with Crippen LogP contribution in [0.25, 0.3) is 0 Å². The lowest BCUT2D eigenvalue weighted by atomic mass is 9.79. The van der Waals surface area contributed by atoms with Crippen LogP contribution in [0.1, 0.15) is 82.1 Å². The van der Waals surface area contributed by atoms with Crippen LogP contribution in [0, 0.1) is 6.92 Å². The van der Waals surface area contributed by atoms with Gasteiger partial charge in [0.25, 0.3) is 0 Å². The lowest BCUT2D eigenvalue weighted by Crippen LogP contribution is -2.48. The number of benzene rings is 2. The highest BCUT2D eigenvalue weighted by Gasteiger charge is 2.35. The molecule has 0 aliphatic carbocycles. The SMILES string of the molecule is CCCCc1ccc(N=Cc2cc3c(cc2C)N(CC)C(C)(C)CC3C)cc1. The minimum Gasteiger partial charge on any atom is -0.366 e. The third-order valence-corrected chi connectivity index (χ3v) is 6.20. The lowest BCUT2D eigenvalue weighted by molar-refractivity contribution is 0.381. The summed E-state index contributed by atoms with van der Waals surface area (Å²) < 4.78 is 0. The first-order chi connectivity index (χ1) is 13.4. The van der Waals surface area contributed by atoms with Crippen molar-refractivity contribution >= 4 is 17.6 Å². The number of hydrogen-bond acceptors (Lipinski definition) is 2. The van der Waals surface area contributed by atoms with Crippen LogP contribution >= 0.6 is 0 Å². The maximum Gasteiger partial charge on any atom is 0.0630 e. The highest BCUT2D eigenvalue weighted by Crippen LogP contribution is 2.44. The zero-order valence-electron chi connectivity index (χ0n) is 18.5. The quantitative estimate of drug-likeness (QED) is 0.487. The molecule has 1 atom stereocenters. The zero-order chi connectivity index (χ0) is 20.3. The highest BCUT2D eigenvalue weighted by molar-refractivity contribution is 5.86. The van der Waals surface area contributed by atoms with Crippen LogP contribution in [0.5, 0.6) is 0 Å². The van der Waals surface area contributed by atoms with E-state index in [-0.39, 0.29) is 5.54 Å². The standard InChI is InChI=1S/C26H36N2/c1-7-9-10-21-11-13-23(14-12-21)27-18-22-16-24-20(4)17-26(5,6)28(8-2)25(24)15-19(22)3/h11-16,18,20H,7-10,17H2,1-6H3. The van der Waals surface area contributed by atoms with Crippen molar-refractivity contribution in [2.45, 2.75) is 78.7 Å². The number of aliphatic imine (C=N–C) groups is 1. The molecule has 3 rings (SSSR count). The number of unbranched alkanes of at least 4 members (excludes halogenated alkanes) is 1. The smallest absolute Gasteiger partial charge is 0.0630 e. The van der Waals surface area contributed by atoms with Crippen LogP contribution < -0.4 is 4.90 Å². The molecular weight excluding hydrogens is 340 g/mol. The molecule has 1 heterocycles. The molecule has 1 unspecified atom stereocenters. The summed E-state index contributed by atoms with van der Waals surface area (Å²) in [4.78, 5) is 7.32. The van der Waals surface area contributed by atoms with Crippen molar-refractivity contribution in [2.75, 3.05) is 11.4 Å². The van der Waals surface area contributed by atoms with Crippen molar-refractivity contribution in [1.29, 1.82) is 0 Å². The molecule has 2 aromatic rings. The average Bonchev–Trinajstić information content (AvgIpc) is 2.65. The number of aryl methyl sites for hydroxylation is 2. The Bertz CT molecular complexity index is 830. The van der Waals surface area contributed by atoms with Crippen LogP contribution in [-0.4, -0.2) is 18.3 Å². The molecule has 0 bridgehead atoms. The first-order valence-corrected chi connectivity index (χ1v) is 10.9. The van der Waals surface area contributed by atoms with E-state index in [1.165, 1.54) is 47.2 Å². The largest absolute Gasteiger partial charge is 0.366 e. The van der Waals surface area contributed by atoms with Crippen LogP contribution in [0.15, 0.2) is 41.4 Å². The zero-order valence-corrected chi connectivity index (χ0v) is 18.5. The van der Waals surface area contributed by atoms with Gasteiger partial charge in [-0.3, -0.25) is 4.99 Å². The van der Waals surface area contributed by atoms with Gasteiger partial charge in [-0.2, -0.15) is 0 Å². The normalized spacial score (nSPS) is 18.5. The molecule has 0 amide bonds. The van der Waals surface area contributed by atoms with Gasteiger partial charge < -0.3 is 4.90 Å². The predicted octanol–water partition coefficient (Wildman–Crippen LogP) is 7.20. The first-order valence-electron chi connectivity index (χ1n) is 10.9. The summed E-state index contributed by atoms with van der Waals surface area (Å²) in [5.41, 5.74) is 8.04. The Morgan fingerprint density at radius 1 is 1.14 bits per heavy atom. The molecule has 2 aromatic carbocycles. The number of hydrogen-bond donors (Lipinski definition) is 0. The van der Waals surface area contributed by atoms with Gasteiger partial charge in [0.15, 0.2) is 0 Å². The van der Waals surface area contributed by atoms with E-state index in [1.807, 2.05) is 6.21 Å². The van der Waals surface area contributed by atoms with E-state index in [0.717, 1.165) is 18.7 Å². The van der Waals surface area contributed by atoms with E-state index in [1.54, 1.807) is 0 Å². The third kappa shape index (κ3) is 4.32. The van der Waals surface area contributed by atoms with Gasteiger partial charge in [-0.15, -0.1) is 0 Å². The molecular formula is C26H36N2. The summed E-state index contributed by atoms with van der Waals surface area (Å²) in [6.07, 6.45) is 6.88. The van der Waals surface area contributed by atoms with Gasteiger partial charge in [0.05, 0.1) is 5.69 Å². The van der Waals surface area contributed by atoms with Crippen molar-refractivity contribution in [3.8, 4) is 0 Å². The van der Waals surface area contributed by atoms with Gasteiger partial charge >= 0.3 is 0 Å². The van der Waals surface area contributed by atoms with E-state index in [9.17, 15) is 0 Å². The summed E-state index contributed by atoms with van der Waals surface area (Å²) >= 11 is 0. The Labute approximate surface area is 171 Å². The molecule has 0 saturated carbocycles. The van der Waals surface area contributed by atoms with Crippen LogP contribution in [0.4, 0.5) is 11.4 Å². The third-order valence-electron chi connectivity index (χ3n) is 6.20. The topological polar surface area (TPSA) is 15.6 Å². The second-order valence-electron chi connectivity index (χ2n) is 8.96. The van der Waals surface area contributed by atoms with Crippen molar-refractivity contribution in [3.63, 3.8) is 0 Å². The molecule has 2 heteroatoms. The fourth-order valence-electron chi connectivity index (χ4n) is 4.66. The second kappa shape index (κ2) is 8.51. The second-order valence-corrected chi connectivity index (χ2v) is 8.96.